The molecule has 810 valence electrons. The van der Waals surface area contributed by atoms with E-state index in [-0.39, 0.29) is 175 Å². The molecule has 2 bridgehead atoms. The van der Waals surface area contributed by atoms with Gasteiger partial charge in [-0.15, -0.1) is 16.8 Å². The standard InChI is InChI=1S/C94H134N36O19S/c1-5-7-29-128-45-58(124-126-128)37-65(81(96)136)118-89(144)68(36-57-41-101-51-111-57)115-77(134)44-107-85(140)63(22-16-27-104-93(97)98)113-75(132)43-108-86(141)66(34-55-39-99-49-109-55)119-82(137)53(4)112-78(135)47-149-32-28-103-84(139)64(21-12-14-26-102-74(131)25-11-10-24-73-80-71(48-150-73)121-94(148)123-80)117-91(146)79-52(3)70-46-129(127-125-70)30-15-13-19-60(95)83(138)106-42-76(133)114-67(35-56-40-100-50-110-56)88(143)116-61(6-2)87(142)120-69(33-54-38-105-62-20-9-8-18-59(54)62)92(147)130-31-17-23-72(130)90(145)122-79/h6,8-9,18,20,38-41,45-46,49-51,53,60-61,63-69,71-73,79-80,105H,2-3,5,7,10-17,19,21-37,42-44,47-48,95H2,1,4H3,(H2,96,136)(H,99,109)(H,100,110)(H,101,111)(H,102,131)(H,103,139)(H,106,138)(H,107,140)(H,108,141)(H,112,135)(H,113,132)(H,114,133)(H,115,134)(H,116,143)(H,117,146)(H,118,144)(H,119,137)(H,120,142)(H,122,145)(H4,97,98,104)(H2,121,123,148)/t53-,60-,61+,63+,64-,65-,66+,67+,68+,69+,71-,72+,73?,79-,80-/m0/s1. The van der Waals surface area contributed by atoms with Gasteiger partial charge in [0.2, 0.25) is 100 Å². The number of hydrogen-bond acceptors (Lipinski definition) is 29. The highest BCUT2D eigenvalue weighted by Crippen LogP contribution is 2.34. The molecule has 0 saturated carbocycles. The molecule has 4 aliphatic heterocycles. The van der Waals surface area contributed by atoms with E-state index in [4.69, 9.17) is 27.3 Å². The van der Waals surface area contributed by atoms with Gasteiger partial charge in [0.15, 0.2) is 5.96 Å². The number of para-hydroxylation sites is 1. The number of aromatic nitrogens is 13. The number of H-pyrrole nitrogens is 4. The molecule has 7 aromatic rings. The van der Waals surface area contributed by atoms with Crippen LogP contribution in [-0.2, 0) is 131 Å². The fourth-order valence-electron chi connectivity index (χ4n) is 17.2. The zero-order valence-corrected chi connectivity index (χ0v) is 84.2. The maximum absolute atomic E-state index is 15.5. The quantitative estimate of drug-likeness (QED) is 0.00554. The predicted octanol–water partition coefficient (Wildman–Crippen LogP) is -6.65. The molecular formula is C94H134N36O19S. The number of guanidine groups is 1. The Labute approximate surface area is 865 Å². The van der Waals surface area contributed by atoms with Crippen molar-refractivity contribution in [3.63, 3.8) is 0 Å². The first kappa shape index (κ1) is 114. The van der Waals surface area contributed by atoms with E-state index in [1.807, 2.05) is 13.0 Å². The summed E-state index contributed by atoms with van der Waals surface area (Å²) in [7, 11) is 0. The molecule has 3 fully saturated rings. The van der Waals surface area contributed by atoms with E-state index in [0.29, 0.717) is 65.8 Å². The van der Waals surface area contributed by atoms with Crippen LogP contribution in [0.15, 0.2) is 99.7 Å². The van der Waals surface area contributed by atoms with Crippen LogP contribution in [0.1, 0.15) is 151 Å². The minimum atomic E-state index is -1.78. The molecule has 29 N–H and O–H groups in total. The number of rotatable bonds is 50. The molecule has 1 aromatic carbocycles. The zero-order valence-electron chi connectivity index (χ0n) is 83.4. The second-order valence-corrected chi connectivity index (χ2v) is 38.0. The topological polar surface area (TPSA) is 801 Å². The van der Waals surface area contributed by atoms with Gasteiger partial charge in [-0.3, -0.25) is 96.3 Å². The zero-order chi connectivity index (χ0) is 108. The number of nitrogens with zero attached hydrogens (tertiary/aromatic N) is 10. The van der Waals surface area contributed by atoms with Gasteiger partial charge in [0.25, 0.3) is 0 Å². The molecule has 4 aliphatic rings. The van der Waals surface area contributed by atoms with Gasteiger partial charge in [0.05, 0.1) is 92.3 Å². The fraction of sp³-hybridized carbons (Fsp3) is 0.532. The van der Waals surface area contributed by atoms with E-state index in [2.05, 4.69) is 164 Å². The molecule has 0 radical (unpaired) electrons. The van der Waals surface area contributed by atoms with Gasteiger partial charge in [0, 0.05) is 136 Å². The molecule has 6 aromatic heterocycles. The van der Waals surface area contributed by atoms with Crippen molar-refractivity contribution in [2.75, 3.05) is 64.8 Å². The number of carbonyl (C=O) groups is 18. The van der Waals surface area contributed by atoms with Gasteiger partial charge in [-0.25, -0.2) is 19.7 Å². The Balaban J connectivity index is 0.729. The molecule has 3 saturated heterocycles. The summed E-state index contributed by atoms with van der Waals surface area (Å²) < 4.78 is 8.69. The molecular weight excluding hydrogens is 1970 g/mol. The maximum atomic E-state index is 15.5. The van der Waals surface area contributed by atoms with Gasteiger partial charge >= 0.3 is 6.03 Å². The van der Waals surface area contributed by atoms with E-state index >= 15 is 14.4 Å². The molecule has 15 atom stereocenters. The number of aromatic amines is 4. The monoisotopic (exact) mass is 2100 g/mol. The molecule has 1 unspecified atom stereocenters. The Kier molecular flexibility index (Phi) is 44.1. The summed E-state index contributed by atoms with van der Waals surface area (Å²) in [5, 5.41) is 73.0. The van der Waals surface area contributed by atoms with Crippen LogP contribution in [0.2, 0.25) is 0 Å². The van der Waals surface area contributed by atoms with Crippen LogP contribution in [0.4, 0.5) is 4.79 Å². The first-order chi connectivity index (χ1) is 72.1. The lowest BCUT2D eigenvalue weighted by molar-refractivity contribution is -0.142. The van der Waals surface area contributed by atoms with Crippen LogP contribution in [-0.4, -0.2) is 337 Å². The highest BCUT2D eigenvalue weighted by atomic mass is 32.2. The first-order valence-electron chi connectivity index (χ1n) is 49.8. The number of nitrogens with one attached hydrogen (secondary N) is 23. The minimum Gasteiger partial charge on any atom is -0.370 e. The number of urea groups is 1. The summed E-state index contributed by atoms with van der Waals surface area (Å²) in [6.07, 6.45) is 19.0. The van der Waals surface area contributed by atoms with Crippen molar-refractivity contribution in [2.24, 2.45) is 17.2 Å². The van der Waals surface area contributed by atoms with E-state index in [1.165, 1.54) is 60.3 Å². The maximum Gasteiger partial charge on any atom is 0.315 e. The highest BCUT2D eigenvalue weighted by Gasteiger charge is 2.45. The Morgan fingerprint density at radius 1 is 0.600 bits per heavy atom. The average molecular weight is 2100 g/mol. The van der Waals surface area contributed by atoms with E-state index in [0.717, 1.165) is 37.5 Å². The van der Waals surface area contributed by atoms with Crippen molar-refractivity contribution >= 4 is 141 Å². The molecule has 0 aliphatic carbocycles. The van der Waals surface area contributed by atoms with Crippen LogP contribution < -0.4 is 113 Å². The number of hydrogen-bond donors (Lipinski definition) is 26. The number of aryl methyl sites for hydroxylation is 2. The van der Waals surface area contributed by atoms with Gasteiger partial charge < -0.3 is 142 Å². The number of primary amides is 1. The van der Waals surface area contributed by atoms with Gasteiger partial charge in [-0.05, 0) is 102 Å². The van der Waals surface area contributed by atoms with Crippen LogP contribution in [0.3, 0.4) is 0 Å². The van der Waals surface area contributed by atoms with Gasteiger partial charge in [0.1, 0.15) is 78.8 Å². The second kappa shape index (κ2) is 57.9. The Morgan fingerprint density at radius 2 is 1.27 bits per heavy atom. The molecule has 55 nitrogen and oxygen atoms in total. The molecule has 150 heavy (non-hydrogen) atoms. The smallest absolute Gasteiger partial charge is 0.315 e. The number of nitrogens with two attached hydrogens (primary N) is 3. The predicted molar refractivity (Wildman–Crippen MR) is 540 cm³/mol. The minimum absolute atomic E-state index is 0.00229. The van der Waals surface area contributed by atoms with Crippen molar-refractivity contribution in [1.29, 1.82) is 5.41 Å². The summed E-state index contributed by atoms with van der Waals surface area (Å²) in [5.41, 5.74) is 20.0. The van der Waals surface area contributed by atoms with E-state index < -0.39 is 193 Å². The molecule has 10 heterocycles. The van der Waals surface area contributed by atoms with Crippen molar-refractivity contribution in [3.8, 4) is 0 Å². The highest BCUT2D eigenvalue weighted by molar-refractivity contribution is 8.00. The summed E-state index contributed by atoms with van der Waals surface area (Å²) in [5.74, 6) is -13.5. The van der Waals surface area contributed by atoms with Crippen LogP contribution in [0, 0.1) is 5.41 Å². The summed E-state index contributed by atoms with van der Waals surface area (Å²) in [6.45, 7) is 8.83. The van der Waals surface area contributed by atoms with Crippen molar-refractivity contribution in [2.45, 2.75) is 252 Å². The lowest BCUT2D eigenvalue weighted by atomic mass is 10.0. The third-order valence-electron chi connectivity index (χ3n) is 25.3. The van der Waals surface area contributed by atoms with E-state index in [1.54, 1.807) is 47.0 Å². The van der Waals surface area contributed by atoms with Crippen molar-refractivity contribution in [1.82, 2.24) is 165 Å². The van der Waals surface area contributed by atoms with Gasteiger partial charge in [-0.1, -0.05) is 61.0 Å². The summed E-state index contributed by atoms with van der Waals surface area (Å²) >= 11 is 1.77. The average Bonchev–Trinajstić information content (AvgIpc) is 1.47. The Morgan fingerprint density at radius 3 is 1.98 bits per heavy atom. The lowest BCUT2D eigenvalue weighted by Crippen LogP contribution is -2.60. The normalized spacial score (nSPS) is 20.1. The first-order valence-corrected chi connectivity index (χ1v) is 50.9. The third kappa shape index (κ3) is 35.6. The van der Waals surface area contributed by atoms with E-state index in [9.17, 15) is 71.9 Å². The number of benzene rings is 1. The molecule has 0 spiro atoms. The second-order valence-electron chi connectivity index (χ2n) is 36.7. The van der Waals surface area contributed by atoms with Gasteiger partial charge in [-0.2, -0.15) is 11.8 Å². The van der Waals surface area contributed by atoms with Crippen LogP contribution in [0.25, 0.3) is 16.5 Å². The number of thioether (sulfide) groups is 1. The SMILES string of the molecule is C=C[C@H]1NC(=O)[C@@H](Cc2c[nH]cn2)NC(=O)CNC(=O)[C@@H](N)CCCCn2cc(nn2)C(=C)[C@@H](C(=O)N[C@@H](CCCCNC(=O)CCCCC2SC[C@@H]3NC(=O)N[C@H]23)C(=O)NCCOCC(=O)N[C@@H](C)C(=O)N[C@H](Cc2c[nH]cn2)C(=O)NCC(=O)N[C@H](CCCNC(=N)N)C(=O)NCC(=O)N[C@H](Cc2c[nH]cn2)C(=O)N[C@@H](Cc2cn(CCCC)nn2)C(N)=O)NC(=O)[C@H]2CCCN2C(=O)[C@@H](Cc2c[nH]c3ccccc23)NC1=O. The molecule has 56 heteroatoms. The van der Waals surface area contributed by atoms with Crippen molar-refractivity contribution in [3.05, 3.63) is 134 Å². The molecule has 11 rings (SSSR count). The fourth-order valence-corrected chi connectivity index (χ4v) is 18.7. The third-order valence-corrected chi connectivity index (χ3v) is 26.8. The number of ether oxygens (including phenoxy) is 1. The number of carbonyl (C=O) groups excluding carboxylic acids is 18. The largest absolute Gasteiger partial charge is 0.370 e. The van der Waals surface area contributed by atoms with Crippen LogP contribution >= 0.6 is 11.8 Å². The number of imidazole rings is 3. The lowest BCUT2D eigenvalue weighted by Gasteiger charge is -2.31. The summed E-state index contributed by atoms with van der Waals surface area (Å²) in [4.78, 5) is 277. The number of fused-ring (bicyclic) bond motifs is 5. The number of unbranched alkanes of at least 4 members (excludes halogenated alkanes) is 3. The van der Waals surface area contributed by atoms with Crippen molar-refractivity contribution < 1.29 is 91.0 Å². The Bertz CT molecular complexity index is 5830. The summed E-state index contributed by atoms with van der Waals surface area (Å²) in [6, 6.07) is -9.82. The molecule has 19 amide bonds. The Hall–Kier alpha value is -16.1. The number of amides is 19. The van der Waals surface area contributed by atoms with Crippen LogP contribution in [0.5, 0.6) is 0 Å².